The summed E-state index contributed by atoms with van der Waals surface area (Å²) in [4.78, 5) is 0. The average molecular weight is 417 g/mol. The predicted octanol–water partition coefficient (Wildman–Crippen LogP) is -1.63. The first-order valence-corrected chi connectivity index (χ1v) is 7.60. The van der Waals surface area contributed by atoms with Crippen LogP contribution in [0.5, 0.6) is 11.5 Å². The van der Waals surface area contributed by atoms with E-state index in [1.54, 1.807) is 24.3 Å². The fourth-order valence-electron chi connectivity index (χ4n) is 1.12. The maximum atomic E-state index is 5.77. The third-order valence-corrected chi connectivity index (χ3v) is 4.02. The van der Waals surface area contributed by atoms with E-state index in [9.17, 15) is 0 Å². The number of hydrogen-bond donors (Lipinski definition) is 0. The molecule has 0 saturated heterocycles. The molecule has 0 aliphatic rings. The van der Waals surface area contributed by atoms with Crippen LogP contribution in [0, 0.1) is 0 Å². The third kappa shape index (κ3) is 6.88. The van der Waals surface area contributed by atoms with Crippen molar-refractivity contribution in [1.82, 2.24) is 0 Å². The Morgan fingerprint density at radius 1 is 0.632 bits per heavy atom. The molecule has 100 valence electrons. The normalized spacial score (nSPS) is 8.53. The smallest absolute Gasteiger partial charge is 1.00 e. The van der Waals surface area contributed by atoms with Gasteiger partial charge in [0.15, 0.2) is 0 Å². The van der Waals surface area contributed by atoms with Crippen molar-refractivity contribution in [3.8, 4) is 11.5 Å². The van der Waals surface area contributed by atoms with Crippen molar-refractivity contribution in [2.24, 2.45) is 0 Å². The zero-order chi connectivity index (χ0) is 12.1. The summed E-state index contributed by atoms with van der Waals surface area (Å²) in [7, 11) is 0. The van der Waals surface area contributed by atoms with Gasteiger partial charge in [-0.2, -0.15) is 0 Å². The van der Waals surface area contributed by atoms with E-state index in [1.165, 1.54) is 0 Å². The van der Waals surface area contributed by atoms with Crippen LogP contribution in [0.1, 0.15) is 0 Å². The van der Waals surface area contributed by atoms with Crippen LogP contribution in [0.4, 0.5) is 0 Å². The van der Waals surface area contributed by atoms with Gasteiger partial charge < -0.3 is 24.8 Å². The van der Waals surface area contributed by atoms with Crippen LogP contribution >= 0.6 is 23.2 Å². The summed E-state index contributed by atoms with van der Waals surface area (Å²) in [5, 5.41) is 1.39. The van der Waals surface area contributed by atoms with Crippen molar-refractivity contribution >= 4 is 23.2 Å². The molecular weight excluding hydrogens is 409 g/mol. The van der Waals surface area contributed by atoms with Crippen LogP contribution in [0.25, 0.3) is 0 Å². The van der Waals surface area contributed by atoms with E-state index in [0.717, 1.165) is 11.5 Å². The molecule has 0 atom stereocenters. The Kier molecular flexibility index (Phi) is 9.95. The van der Waals surface area contributed by atoms with E-state index in [4.69, 9.17) is 28.8 Å². The summed E-state index contributed by atoms with van der Waals surface area (Å²) in [5.74, 6) is 1.57. The molecule has 7 heteroatoms. The molecule has 0 amide bonds. The molecule has 0 bridgehead atoms. The van der Waals surface area contributed by atoms with Crippen molar-refractivity contribution < 1.29 is 54.6 Å². The van der Waals surface area contributed by atoms with Gasteiger partial charge in [-0.15, -0.1) is 0 Å². The van der Waals surface area contributed by atoms with Crippen LogP contribution in [0.2, 0.25) is 10.0 Å². The van der Waals surface area contributed by atoms with E-state index in [0.29, 0.717) is 10.0 Å². The molecule has 2 aromatic rings. The number of rotatable bonds is 4. The van der Waals surface area contributed by atoms with Gasteiger partial charge >= 0.3 is 123 Å². The molecule has 0 unspecified atom stereocenters. The standard InChI is InChI=1S/2C6H5ClO.2ClH.Zr/c2*7-5-1-3-6(8)4-2-5;;;/h2*1-4,8H;2*1H;/q;;;;+4/p-4. The second kappa shape index (κ2) is 9.90. The summed E-state index contributed by atoms with van der Waals surface area (Å²) in [6, 6.07) is 14.5. The quantitative estimate of drug-likeness (QED) is 0.595. The van der Waals surface area contributed by atoms with Crippen molar-refractivity contribution in [3.05, 3.63) is 58.6 Å². The number of benzene rings is 2. The summed E-state index contributed by atoms with van der Waals surface area (Å²) in [6.45, 7) is 0. The molecule has 19 heavy (non-hydrogen) atoms. The molecule has 0 heterocycles. The second-order valence-corrected chi connectivity index (χ2v) is 5.48. The Balaban J connectivity index is 0.00000162. The van der Waals surface area contributed by atoms with Gasteiger partial charge in [0.1, 0.15) is 0 Å². The first-order valence-electron chi connectivity index (χ1n) is 4.84. The van der Waals surface area contributed by atoms with Gasteiger partial charge in [-0.05, 0) is 0 Å². The van der Waals surface area contributed by atoms with Gasteiger partial charge in [0.25, 0.3) is 0 Å². The molecule has 2 nitrogen and oxygen atoms in total. The van der Waals surface area contributed by atoms with Crippen LogP contribution < -0.4 is 30.4 Å². The van der Waals surface area contributed by atoms with Crippen LogP contribution in [-0.4, -0.2) is 0 Å². The Labute approximate surface area is 147 Å². The van der Waals surface area contributed by atoms with E-state index in [2.05, 4.69) is 0 Å². The first kappa shape index (κ1) is 19.1. The summed E-state index contributed by atoms with van der Waals surface area (Å²) < 4.78 is 11.1. The molecular formula is C12H8Cl4O2Zr. The average Bonchev–Trinajstić information content (AvgIpc) is 2.34. The molecule has 0 aromatic heterocycles. The Morgan fingerprint density at radius 2 is 0.947 bits per heavy atom. The van der Waals surface area contributed by atoms with Gasteiger partial charge in [-0.3, -0.25) is 0 Å². The maximum Gasteiger partial charge on any atom is -1.00 e. The van der Waals surface area contributed by atoms with Crippen LogP contribution in [-0.2, 0) is 24.1 Å². The molecule has 2 rings (SSSR count). The van der Waals surface area contributed by atoms with Crippen LogP contribution in [0.15, 0.2) is 48.5 Å². The van der Waals surface area contributed by atoms with Crippen molar-refractivity contribution in [2.45, 2.75) is 0 Å². The Hall–Kier alpha value is 0.0831. The monoisotopic (exact) mass is 414 g/mol. The summed E-state index contributed by atoms with van der Waals surface area (Å²) in [6.07, 6.45) is 0. The van der Waals surface area contributed by atoms with E-state index < -0.39 is 24.1 Å². The largest absolute Gasteiger partial charge is 1.00 e. The molecule has 2 aromatic carbocycles. The molecule has 0 aliphatic heterocycles. The van der Waals surface area contributed by atoms with Crippen molar-refractivity contribution in [2.75, 3.05) is 0 Å². The minimum atomic E-state index is -1.37. The maximum absolute atomic E-state index is 5.77. The minimum absolute atomic E-state index is 0. The number of hydrogen-bond acceptors (Lipinski definition) is 2. The number of halogens is 4. The van der Waals surface area contributed by atoms with Crippen molar-refractivity contribution in [1.29, 1.82) is 0 Å². The minimum Gasteiger partial charge on any atom is -1.00 e. The van der Waals surface area contributed by atoms with Gasteiger partial charge in [0.2, 0.25) is 0 Å². The van der Waals surface area contributed by atoms with Gasteiger partial charge in [-0.1, -0.05) is 0 Å². The van der Waals surface area contributed by atoms with E-state index in [-0.39, 0.29) is 24.8 Å². The van der Waals surface area contributed by atoms with E-state index in [1.807, 2.05) is 24.3 Å². The van der Waals surface area contributed by atoms with Crippen molar-refractivity contribution in [3.63, 3.8) is 0 Å². The molecule has 0 aliphatic carbocycles. The van der Waals surface area contributed by atoms with E-state index >= 15 is 0 Å². The SMILES string of the molecule is Clc1ccc([O][Zr+2][O]c2ccc(Cl)cc2)cc1.[Cl-].[Cl-]. The summed E-state index contributed by atoms with van der Waals surface area (Å²) in [5.41, 5.74) is 0. The van der Waals surface area contributed by atoms with Crippen LogP contribution in [0.3, 0.4) is 0 Å². The zero-order valence-electron chi connectivity index (χ0n) is 9.45. The first-order chi connectivity index (χ1) is 8.24. The molecule has 0 radical (unpaired) electrons. The second-order valence-electron chi connectivity index (χ2n) is 3.20. The fourth-order valence-corrected chi connectivity index (χ4v) is 2.62. The topological polar surface area (TPSA) is 18.5 Å². The third-order valence-electron chi connectivity index (χ3n) is 1.95. The Bertz CT molecular complexity index is 431. The molecule has 0 spiro atoms. The Morgan fingerprint density at radius 3 is 1.26 bits per heavy atom. The fraction of sp³-hybridized carbons (Fsp3) is 0. The predicted molar refractivity (Wildman–Crippen MR) is 64.2 cm³/mol. The molecule has 0 N–H and O–H groups in total. The van der Waals surface area contributed by atoms with Gasteiger partial charge in [0, 0.05) is 0 Å². The molecule has 0 fully saturated rings. The zero-order valence-corrected chi connectivity index (χ0v) is 14.9. The van der Waals surface area contributed by atoms with Gasteiger partial charge in [-0.25, -0.2) is 0 Å². The van der Waals surface area contributed by atoms with Gasteiger partial charge in [0.05, 0.1) is 0 Å². The summed E-state index contributed by atoms with van der Waals surface area (Å²) >= 11 is 10.2. The molecule has 0 saturated carbocycles.